The zero-order valence-electron chi connectivity index (χ0n) is 39.1. The Morgan fingerprint density at radius 2 is 0.515 bits per heavy atom. The Labute approximate surface area is 396 Å². The minimum absolute atomic E-state index is 0.0646. The van der Waals surface area contributed by atoms with Crippen molar-refractivity contribution in [2.75, 3.05) is 81.8 Å². The van der Waals surface area contributed by atoms with Crippen molar-refractivity contribution in [1.82, 2.24) is 0 Å². The molecule has 0 spiro atoms. The largest absolute Gasteiger partial charge is 0.493 e. The highest BCUT2D eigenvalue weighted by atomic mass is 16.6. The van der Waals surface area contributed by atoms with Gasteiger partial charge < -0.3 is 56.8 Å². The van der Waals surface area contributed by atoms with Gasteiger partial charge in [-0.3, -0.25) is 0 Å². The van der Waals surface area contributed by atoms with E-state index >= 15 is 0 Å². The smallest absolute Gasteiger partial charge is 0.162 e. The van der Waals surface area contributed by atoms with Crippen molar-refractivity contribution in [2.24, 2.45) is 0 Å². The van der Waals surface area contributed by atoms with Crippen LogP contribution in [0.25, 0.3) is 0 Å². The van der Waals surface area contributed by atoms with Gasteiger partial charge in [0.25, 0.3) is 0 Å². The molecule has 20 rings (SSSR count). The maximum atomic E-state index is 6.58. The Kier molecular flexibility index (Phi) is 12.6. The minimum Gasteiger partial charge on any atom is -0.493 e. The monoisotopic (exact) mass is 918 g/mol. The number of benzene rings is 6. The van der Waals surface area contributed by atoms with Crippen LogP contribution in [0.2, 0.25) is 0 Å². The lowest BCUT2D eigenvalue weighted by Gasteiger charge is -2.20. The van der Waals surface area contributed by atoms with Crippen LogP contribution in [0.15, 0.2) is 72.8 Å². The lowest BCUT2D eigenvalue weighted by atomic mass is 9.94. The summed E-state index contributed by atoms with van der Waals surface area (Å²) >= 11 is 0. The van der Waals surface area contributed by atoms with E-state index in [1.54, 1.807) is 35.5 Å². The predicted octanol–water partition coefficient (Wildman–Crippen LogP) is 8.91. The summed E-state index contributed by atoms with van der Waals surface area (Å²) in [5.41, 5.74) is 12.7. The molecule has 0 saturated carbocycles. The van der Waals surface area contributed by atoms with Gasteiger partial charge in [-0.05, 0) is 178 Å². The quantitative estimate of drug-likeness (QED) is 0.143. The van der Waals surface area contributed by atoms with Crippen LogP contribution in [0.5, 0.6) is 69.0 Å². The second-order valence-corrected chi connectivity index (χ2v) is 17.1. The molecule has 12 heteroatoms. The van der Waals surface area contributed by atoms with Gasteiger partial charge in [-0.2, -0.15) is 0 Å². The van der Waals surface area contributed by atoms with Crippen molar-refractivity contribution in [3.63, 3.8) is 0 Å². The molecule has 12 nitrogen and oxygen atoms in total. The van der Waals surface area contributed by atoms with E-state index in [1.165, 1.54) is 0 Å². The van der Waals surface area contributed by atoms with Gasteiger partial charge in [0, 0.05) is 0 Å². The summed E-state index contributed by atoms with van der Waals surface area (Å²) < 4.78 is 75.6. The summed E-state index contributed by atoms with van der Waals surface area (Å²) in [5, 5.41) is 0. The highest BCUT2D eigenvalue weighted by molar-refractivity contribution is 5.60. The molecule has 0 fully saturated rings. The predicted molar refractivity (Wildman–Crippen MR) is 256 cm³/mol. The molecule has 12 aliphatic heterocycles. The minimum atomic E-state index is 0.0646. The fraction of sp³-hybridized carbons (Fsp3) is 0.321. The van der Waals surface area contributed by atoms with E-state index in [2.05, 4.69) is 72.7 Å². The van der Waals surface area contributed by atoms with Gasteiger partial charge in [-0.1, -0.05) is 5.92 Å². The molecule has 14 aliphatic rings. The number of rotatable bonds is 7. The Morgan fingerprint density at radius 1 is 0.324 bits per heavy atom. The molecule has 18 bridgehead atoms. The van der Waals surface area contributed by atoms with Crippen molar-refractivity contribution in [3.05, 3.63) is 140 Å². The average Bonchev–Trinajstić information content (AvgIpc) is 3.44. The van der Waals surface area contributed by atoms with Crippen LogP contribution in [0.1, 0.15) is 66.8 Å². The first-order valence-corrected chi connectivity index (χ1v) is 22.8. The summed E-state index contributed by atoms with van der Waals surface area (Å²) in [7, 11) is 8.31. The molecule has 0 amide bonds. The summed E-state index contributed by atoms with van der Waals surface area (Å²) in [5.74, 6) is 9.82. The van der Waals surface area contributed by atoms with Crippen LogP contribution in [0.4, 0.5) is 0 Å². The van der Waals surface area contributed by atoms with Crippen LogP contribution >= 0.6 is 0 Å². The van der Waals surface area contributed by atoms with E-state index in [9.17, 15) is 0 Å². The Hall–Kier alpha value is -7.52. The maximum absolute atomic E-state index is 6.58. The Balaban J connectivity index is 1.20. The van der Waals surface area contributed by atoms with E-state index in [0.29, 0.717) is 108 Å². The first-order chi connectivity index (χ1) is 33.3. The van der Waals surface area contributed by atoms with Gasteiger partial charge in [-0.15, -0.1) is 6.42 Å². The number of hydrogen-bond donors (Lipinski definition) is 0. The zero-order chi connectivity index (χ0) is 46.7. The zero-order valence-corrected chi connectivity index (χ0v) is 39.1. The summed E-state index contributed by atoms with van der Waals surface area (Å²) in [4.78, 5) is 0. The molecule has 0 radical (unpaired) electrons. The molecule has 6 aromatic carbocycles. The molecule has 0 N–H and O–H groups in total. The highest BCUT2D eigenvalue weighted by Crippen LogP contribution is 2.44. The summed E-state index contributed by atoms with van der Waals surface area (Å²) in [6.45, 7) is 1.45. The normalized spacial score (nSPS) is 14.6. The molecule has 12 heterocycles. The van der Waals surface area contributed by atoms with Crippen LogP contribution in [-0.4, -0.2) is 81.8 Å². The first kappa shape index (κ1) is 44.3. The molecule has 0 unspecified atom stereocenters. The number of hydrogen-bond acceptors (Lipinski definition) is 12. The Bertz CT molecular complexity index is 2920. The molecule has 0 atom stereocenters. The van der Waals surface area contributed by atoms with Crippen LogP contribution in [0, 0.1) is 12.3 Å². The SMILES string of the molecule is C#CCOc1cc2c3cc1OCCOc1cc4c(cc1OC)Cc1cc5c(OC)cc1Cc1cc(c(OC)cc1C4)OCCOc1cc(c(cc1OC)Cc1cc(c(OC)cc1C3)OCCO5)C2. The van der Waals surface area contributed by atoms with Crippen LogP contribution in [0.3, 0.4) is 0 Å². The molecular formula is C56H54O12. The topological polar surface area (TPSA) is 111 Å². The van der Waals surface area contributed by atoms with E-state index < -0.39 is 0 Å². The lowest BCUT2D eigenvalue weighted by Crippen LogP contribution is -2.12. The second kappa shape index (κ2) is 19.4. The second-order valence-electron chi connectivity index (χ2n) is 17.1. The van der Waals surface area contributed by atoms with E-state index in [1.807, 2.05) is 6.07 Å². The summed E-state index contributed by atoms with van der Waals surface area (Å²) in [6, 6.07) is 24.9. The average molecular weight is 919 g/mol. The van der Waals surface area contributed by atoms with Gasteiger partial charge in [0.1, 0.15) is 46.2 Å². The van der Waals surface area contributed by atoms with E-state index in [4.69, 9.17) is 63.3 Å². The lowest BCUT2D eigenvalue weighted by molar-refractivity contribution is 0.204. The fourth-order valence-electron chi connectivity index (χ4n) is 9.69. The van der Waals surface area contributed by atoms with Crippen LogP contribution < -0.4 is 56.8 Å². The molecule has 350 valence electrons. The van der Waals surface area contributed by atoms with Gasteiger partial charge in [0.2, 0.25) is 0 Å². The fourth-order valence-corrected chi connectivity index (χ4v) is 9.69. The van der Waals surface area contributed by atoms with Gasteiger partial charge in [0.15, 0.2) is 69.0 Å². The number of ether oxygens (including phenoxy) is 12. The maximum Gasteiger partial charge on any atom is 0.162 e. The number of methoxy groups -OCH3 is 5. The molecule has 0 aromatic heterocycles. The molecular weight excluding hydrogens is 865 g/mol. The van der Waals surface area contributed by atoms with Gasteiger partial charge in [0.05, 0.1) is 35.5 Å². The Morgan fingerprint density at radius 3 is 0.721 bits per heavy atom. The van der Waals surface area contributed by atoms with Crippen molar-refractivity contribution >= 4 is 0 Å². The first-order valence-electron chi connectivity index (χ1n) is 22.8. The van der Waals surface area contributed by atoms with Crippen molar-refractivity contribution in [1.29, 1.82) is 0 Å². The molecule has 2 aliphatic carbocycles. The van der Waals surface area contributed by atoms with Crippen molar-refractivity contribution in [3.8, 4) is 81.3 Å². The van der Waals surface area contributed by atoms with Crippen molar-refractivity contribution < 1.29 is 56.8 Å². The van der Waals surface area contributed by atoms with Gasteiger partial charge >= 0.3 is 0 Å². The highest BCUT2D eigenvalue weighted by Gasteiger charge is 2.26. The molecule has 68 heavy (non-hydrogen) atoms. The standard InChI is InChI=1S/C56H54O12/c1-7-8-62-55-31-44-20-42-30-54-48(60-5)24-36(42)18-41-29-52-49(61-6)25-37(41)19-43(44)32-56(55)68-14-13-67-53-28-40-17-34-22-46(58-3)51(64-11-12-66-54)26-38(34)15-33-21-45(57-2)50(63-9-10-65-52)27-39(33)16-35(40)23-47(53)59-4/h1,21-32H,8-20H2,2-6H3. The van der Waals surface area contributed by atoms with Crippen molar-refractivity contribution in [2.45, 2.75) is 38.5 Å². The van der Waals surface area contributed by atoms with E-state index in [0.717, 1.165) is 66.8 Å². The van der Waals surface area contributed by atoms with Crippen LogP contribution in [-0.2, 0) is 38.5 Å². The molecule has 6 aromatic rings. The van der Waals surface area contributed by atoms with Gasteiger partial charge in [-0.25, -0.2) is 0 Å². The summed E-state index contributed by atoms with van der Waals surface area (Å²) in [6.07, 6.45) is 9.21. The third kappa shape index (κ3) is 8.88. The molecule has 0 saturated heterocycles. The third-order valence-electron chi connectivity index (χ3n) is 13.1. The number of terminal acetylenes is 1. The third-order valence-corrected chi connectivity index (χ3v) is 13.1. The van der Waals surface area contributed by atoms with E-state index in [-0.39, 0.29) is 46.2 Å².